The largest absolute Gasteiger partial charge is 0.465 e. The summed E-state index contributed by atoms with van der Waals surface area (Å²) in [5.41, 5.74) is 0. The van der Waals surface area contributed by atoms with Gasteiger partial charge in [-0.25, -0.2) is 0 Å². The van der Waals surface area contributed by atoms with Gasteiger partial charge >= 0.3 is 5.97 Å². The van der Waals surface area contributed by atoms with Crippen LogP contribution in [0.1, 0.15) is 32.6 Å². The van der Waals surface area contributed by atoms with Gasteiger partial charge in [0, 0.05) is 6.92 Å². The van der Waals surface area contributed by atoms with E-state index in [1.54, 1.807) is 13.8 Å². The second kappa shape index (κ2) is 6.52. The van der Waals surface area contributed by atoms with E-state index in [-0.39, 0.29) is 11.2 Å². The molecule has 90 valence electrons. The second-order valence-electron chi connectivity index (χ2n) is 3.23. The molecule has 1 unspecified atom stereocenters. The van der Waals surface area contributed by atoms with Crippen molar-refractivity contribution in [3.63, 3.8) is 0 Å². The Morgan fingerprint density at radius 1 is 1.50 bits per heavy atom. The van der Waals surface area contributed by atoms with Gasteiger partial charge in [0.05, 0.1) is 6.61 Å². The van der Waals surface area contributed by atoms with E-state index in [1.807, 2.05) is 6.92 Å². The lowest BCUT2D eigenvalue weighted by Crippen LogP contribution is -2.20. The summed E-state index contributed by atoms with van der Waals surface area (Å²) in [6.45, 7) is 5.92. The van der Waals surface area contributed by atoms with Crippen molar-refractivity contribution in [2.75, 3.05) is 6.61 Å². The van der Waals surface area contributed by atoms with Gasteiger partial charge in [-0.3, -0.25) is 4.79 Å². The number of ether oxygens (including phenoxy) is 1. The molecule has 6 heteroatoms. The molecule has 16 heavy (non-hydrogen) atoms. The van der Waals surface area contributed by atoms with Gasteiger partial charge in [-0.15, -0.1) is 10.2 Å². The minimum absolute atomic E-state index is 0.217. The van der Waals surface area contributed by atoms with E-state index in [9.17, 15) is 4.79 Å². The molecule has 1 aromatic rings. The fourth-order valence-electron chi connectivity index (χ4n) is 1.17. The van der Waals surface area contributed by atoms with Crippen LogP contribution in [0, 0.1) is 6.92 Å². The number of carbonyl (C=O) groups is 1. The first-order valence-electron chi connectivity index (χ1n) is 5.30. The molecule has 0 aliphatic rings. The molecule has 0 fully saturated rings. The minimum atomic E-state index is -0.259. The molecule has 0 amide bonds. The van der Waals surface area contributed by atoms with Crippen molar-refractivity contribution in [3.8, 4) is 0 Å². The topological polar surface area (TPSA) is 65.2 Å². The van der Waals surface area contributed by atoms with Crippen LogP contribution in [-0.4, -0.2) is 28.0 Å². The fourth-order valence-corrected chi connectivity index (χ4v) is 2.19. The number of esters is 1. The molecule has 0 aliphatic heterocycles. The molecule has 0 spiro atoms. The third-order valence-corrected chi connectivity index (χ3v) is 2.93. The number of aromatic nitrogens is 2. The Hall–Kier alpha value is -1.04. The van der Waals surface area contributed by atoms with Crippen LogP contribution in [0.5, 0.6) is 0 Å². The number of nitrogens with zero attached hydrogens (tertiary/aromatic N) is 2. The summed E-state index contributed by atoms with van der Waals surface area (Å²) in [4.78, 5) is 11.6. The molecule has 1 rings (SSSR count). The van der Waals surface area contributed by atoms with Crippen LogP contribution >= 0.6 is 11.8 Å². The van der Waals surface area contributed by atoms with E-state index in [2.05, 4.69) is 10.2 Å². The van der Waals surface area contributed by atoms with Crippen LogP contribution < -0.4 is 0 Å². The third kappa shape index (κ3) is 3.84. The van der Waals surface area contributed by atoms with Gasteiger partial charge in [-0.2, -0.15) is 0 Å². The molecule has 0 N–H and O–H groups in total. The molecule has 0 saturated heterocycles. The number of aryl methyl sites for hydroxylation is 1. The van der Waals surface area contributed by atoms with Gasteiger partial charge in [-0.05, 0) is 13.3 Å². The summed E-state index contributed by atoms with van der Waals surface area (Å²) in [7, 11) is 0. The van der Waals surface area contributed by atoms with Gasteiger partial charge < -0.3 is 9.15 Å². The van der Waals surface area contributed by atoms with Crippen molar-refractivity contribution in [1.29, 1.82) is 0 Å². The Bertz CT molecular complexity index is 341. The van der Waals surface area contributed by atoms with Gasteiger partial charge in [0.2, 0.25) is 5.89 Å². The van der Waals surface area contributed by atoms with Crippen LogP contribution in [0.3, 0.4) is 0 Å². The zero-order valence-electron chi connectivity index (χ0n) is 9.73. The van der Waals surface area contributed by atoms with E-state index in [0.717, 1.165) is 12.8 Å². The van der Waals surface area contributed by atoms with E-state index >= 15 is 0 Å². The summed E-state index contributed by atoms with van der Waals surface area (Å²) >= 11 is 1.27. The monoisotopic (exact) mass is 244 g/mol. The Morgan fingerprint density at radius 2 is 2.25 bits per heavy atom. The van der Waals surface area contributed by atoms with Crippen molar-refractivity contribution in [1.82, 2.24) is 10.2 Å². The van der Waals surface area contributed by atoms with Gasteiger partial charge in [-0.1, -0.05) is 25.1 Å². The van der Waals surface area contributed by atoms with Crippen LogP contribution in [0.4, 0.5) is 0 Å². The first kappa shape index (κ1) is 13.0. The van der Waals surface area contributed by atoms with Crippen LogP contribution in [0.25, 0.3) is 0 Å². The maximum absolute atomic E-state index is 11.6. The zero-order chi connectivity index (χ0) is 12.0. The number of thioether (sulfide) groups is 1. The summed E-state index contributed by atoms with van der Waals surface area (Å²) in [6, 6.07) is 0. The van der Waals surface area contributed by atoms with Gasteiger partial charge in [0.1, 0.15) is 5.25 Å². The number of hydrogen-bond acceptors (Lipinski definition) is 6. The first-order valence-corrected chi connectivity index (χ1v) is 6.18. The van der Waals surface area contributed by atoms with Crippen molar-refractivity contribution in [2.45, 2.75) is 44.1 Å². The number of hydrogen-bond donors (Lipinski definition) is 0. The minimum Gasteiger partial charge on any atom is -0.465 e. The molecule has 1 atom stereocenters. The standard InChI is InChI=1S/C10H16N2O3S/c1-4-6-8(9(13)14-5-2)16-10-12-11-7(3)15-10/h8H,4-6H2,1-3H3. The molecule has 0 bridgehead atoms. The van der Waals surface area contributed by atoms with Crippen molar-refractivity contribution in [3.05, 3.63) is 5.89 Å². The summed E-state index contributed by atoms with van der Waals surface area (Å²) in [5.74, 6) is 0.284. The maximum Gasteiger partial charge on any atom is 0.319 e. The SMILES string of the molecule is CCCC(Sc1nnc(C)o1)C(=O)OCC. The summed E-state index contributed by atoms with van der Waals surface area (Å²) in [6.07, 6.45) is 1.65. The predicted octanol–water partition coefficient (Wildman–Crippen LogP) is 2.20. The average molecular weight is 244 g/mol. The average Bonchev–Trinajstić information content (AvgIpc) is 2.64. The van der Waals surface area contributed by atoms with E-state index < -0.39 is 0 Å². The molecular weight excluding hydrogens is 228 g/mol. The molecule has 0 aromatic carbocycles. The lowest BCUT2D eigenvalue weighted by atomic mass is 10.2. The Labute approximate surface area is 99.0 Å². The molecule has 1 aromatic heterocycles. The van der Waals surface area contributed by atoms with Crippen LogP contribution in [0.2, 0.25) is 0 Å². The Morgan fingerprint density at radius 3 is 2.75 bits per heavy atom. The molecule has 5 nitrogen and oxygen atoms in total. The lowest BCUT2D eigenvalue weighted by Gasteiger charge is -2.11. The summed E-state index contributed by atoms with van der Waals surface area (Å²) in [5, 5.41) is 7.73. The van der Waals surface area contributed by atoms with Crippen molar-refractivity contribution >= 4 is 17.7 Å². The Balaban J connectivity index is 2.60. The molecular formula is C10H16N2O3S. The highest BCUT2D eigenvalue weighted by molar-refractivity contribution is 8.00. The van der Waals surface area contributed by atoms with E-state index in [0.29, 0.717) is 17.7 Å². The lowest BCUT2D eigenvalue weighted by molar-refractivity contribution is -0.142. The maximum atomic E-state index is 11.6. The highest BCUT2D eigenvalue weighted by atomic mass is 32.2. The highest BCUT2D eigenvalue weighted by Crippen LogP contribution is 2.25. The normalized spacial score (nSPS) is 12.4. The third-order valence-electron chi connectivity index (χ3n) is 1.85. The first-order chi connectivity index (χ1) is 7.67. The molecule has 0 aliphatic carbocycles. The van der Waals surface area contributed by atoms with E-state index in [4.69, 9.17) is 9.15 Å². The zero-order valence-corrected chi connectivity index (χ0v) is 10.5. The fraction of sp³-hybridized carbons (Fsp3) is 0.700. The second-order valence-corrected chi connectivity index (χ2v) is 4.39. The highest BCUT2D eigenvalue weighted by Gasteiger charge is 2.22. The van der Waals surface area contributed by atoms with Crippen LogP contribution in [0.15, 0.2) is 9.64 Å². The summed E-state index contributed by atoms with van der Waals surface area (Å²) < 4.78 is 10.2. The van der Waals surface area contributed by atoms with E-state index in [1.165, 1.54) is 11.8 Å². The van der Waals surface area contributed by atoms with Gasteiger partial charge in [0.25, 0.3) is 5.22 Å². The number of carbonyl (C=O) groups excluding carboxylic acids is 1. The van der Waals surface area contributed by atoms with Crippen molar-refractivity contribution in [2.24, 2.45) is 0 Å². The predicted molar refractivity (Wildman–Crippen MR) is 60.2 cm³/mol. The van der Waals surface area contributed by atoms with Crippen molar-refractivity contribution < 1.29 is 13.9 Å². The number of rotatable bonds is 6. The quantitative estimate of drug-likeness (QED) is 0.564. The van der Waals surface area contributed by atoms with Gasteiger partial charge in [0.15, 0.2) is 0 Å². The molecule has 0 saturated carbocycles. The van der Waals surface area contributed by atoms with Crippen LogP contribution in [-0.2, 0) is 9.53 Å². The Kier molecular flexibility index (Phi) is 5.31. The molecule has 0 radical (unpaired) electrons. The molecule has 1 heterocycles. The smallest absolute Gasteiger partial charge is 0.319 e.